The van der Waals surface area contributed by atoms with E-state index in [2.05, 4.69) is 27.4 Å². The molecule has 1 saturated heterocycles. The Morgan fingerprint density at radius 2 is 1.68 bits per heavy atom. The van der Waals surface area contributed by atoms with E-state index in [4.69, 9.17) is 4.74 Å². The van der Waals surface area contributed by atoms with Gasteiger partial charge in [0, 0.05) is 5.92 Å². The first-order valence-electron chi connectivity index (χ1n) is 13.4. The Hall–Kier alpha value is -0.950. The molecule has 1 aliphatic heterocycles. The number of hydrogen-bond acceptors (Lipinski definition) is 6. The van der Waals surface area contributed by atoms with Gasteiger partial charge in [0.1, 0.15) is 0 Å². The monoisotopic (exact) mass is 478 g/mol. The predicted molar refractivity (Wildman–Crippen MR) is 129 cm³/mol. The van der Waals surface area contributed by atoms with E-state index in [0.717, 1.165) is 31.3 Å². The van der Waals surface area contributed by atoms with E-state index in [1.807, 2.05) is 13.8 Å². The Morgan fingerprint density at radius 3 is 2.32 bits per heavy atom. The van der Waals surface area contributed by atoms with E-state index in [1.54, 1.807) is 0 Å². The van der Waals surface area contributed by atoms with Gasteiger partial charge >= 0.3 is 5.97 Å². The molecule has 0 radical (unpaired) electrons. The third-order valence-corrected chi connectivity index (χ3v) is 11.2. The van der Waals surface area contributed by atoms with Crippen LogP contribution in [0.3, 0.4) is 0 Å². The van der Waals surface area contributed by atoms with Crippen molar-refractivity contribution in [2.45, 2.75) is 97.6 Å². The zero-order chi connectivity index (χ0) is 25.2. The number of aliphatic hydroxyl groups excluding tert-OH is 4. The van der Waals surface area contributed by atoms with Crippen LogP contribution in [0.2, 0.25) is 0 Å². The van der Waals surface area contributed by atoms with E-state index in [9.17, 15) is 25.2 Å². The molecule has 0 unspecified atom stereocenters. The van der Waals surface area contributed by atoms with Crippen LogP contribution in [0.25, 0.3) is 0 Å². The molecular weight excluding hydrogens is 432 g/mol. The second-order valence-electron chi connectivity index (χ2n) is 12.8. The number of hydrogen-bond donors (Lipinski definition) is 4. The van der Waals surface area contributed by atoms with Gasteiger partial charge in [0.15, 0.2) is 0 Å². The second-order valence-corrected chi connectivity index (χ2v) is 12.8. The summed E-state index contributed by atoms with van der Waals surface area (Å²) in [5.41, 5.74) is 0.496. The number of rotatable bonds is 5. The standard InChI is InChI=1S/C28H46O6/c1-14(2)15(3)24(31)25(32)16(4)18-7-8-19-17-13-34-26(33)21-11-22(29)23(30)12-28(21,6)20(17)9-10-27(18,19)5/h15-25,29-32H,1,7-13H2,2-6H3/t15-,16-,17-,18+,19-,20-,21+,22-,23+,24+,25+,27+,28+/m0/s1. The lowest BCUT2D eigenvalue weighted by Gasteiger charge is -2.56. The van der Waals surface area contributed by atoms with Crippen LogP contribution >= 0.6 is 0 Å². The normalized spacial score (nSPS) is 47.8. The van der Waals surface area contributed by atoms with Crippen molar-refractivity contribution in [2.75, 3.05) is 6.61 Å². The van der Waals surface area contributed by atoms with Crippen molar-refractivity contribution in [1.29, 1.82) is 0 Å². The second kappa shape index (κ2) is 9.17. The minimum absolute atomic E-state index is 0.00312. The highest BCUT2D eigenvalue weighted by Crippen LogP contribution is 2.66. The lowest BCUT2D eigenvalue weighted by Crippen LogP contribution is -2.55. The van der Waals surface area contributed by atoms with Crippen LogP contribution in [0.5, 0.6) is 0 Å². The molecule has 0 spiro atoms. The Morgan fingerprint density at radius 1 is 1.03 bits per heavy atom. The summed E-state index contributed by atoms with van der Waals surface area (Å²) in [6.45, 7) is 14.7. The molecule has 6 heteroatoms. The number of ether oxygens (including phenoxy) is 1. The third-order valence-electron chi connectivity index (χ3n) is 11.2. The molecule has 13 atom stereocenters. The molecule has 0 amide bonds. The first-order chi connectivity index (χ1) is 15.8. The fourth-order valence-corrected chi connectivity index (χ4v) is 8.83. The van der Waals surface area contributed by atoms with Gasteiger partial charge in [-0.1, -0.05) is 39.8 Å². The van der Waals surface area contributed by atoms with Gasteiger partial charge in [0.25, 0.3) is 0 Å². The molecule has 4 fully saturated rings. The molecule has 3 aliphatic carbocycles. The minimum atomic E-state index is -0.873. The number of aliphatic hydroxyl groups is 4. The quantitative estimate of drug-likeness (QED) is 0.357. The van der Waals surface area contributed by atoms with Gasteiger partial charge in [0.05, 0.1) is 36.9 Å². The van der Waals surface area contributed by atoms with Crippen molar-refractivity contribution < 1.29 is 30.0 Å². The Kier molecular flexibility index (Phi) is 7.05. The molecule has 4 aliphatic rings. The molecule has 0 aromatic carbocycles. The van der Waals surface area contributed by atoms with E-state index < -0.39 is 24.4 Å². The summed E-state index contributed by atoms with van der Waals surface area (Å²) < 4.78 is 5.85. The summed E-state index contributed by atoms with van der Waals surface area (Å²) in [6, 6.07) is 0. The van der Waals surface area contributed by atoms with E-state index in [0.29, 0.717) is 18.9 Å². The van der Waals surface area contributed by atoms with Gasteiger partial charge < -0.3 is 25.2 Å². The first-order valence-corrected chi connectivity index (χ1v) is 13.4. The topological polar surface area (TPSA) is 107 Å². The zero-order valence-electron chi connectivity index (χ0n) is 21.6. The van der Waals surface area contributed by atoms with Crippen molar-refractivity contribution in [3.8, 4) is 0 Å². The first kappa shape index (κ1) is 26.1. The molecule has 0 aromatic rings. The predicted octanol–water partition coefficient (Wildman–Crippen LogP) is 3.31. The Balaban J connectivity index is 1.58. The summed E-state index contributed by atoms with van der Waals surface area (Å²) in [7, 11) is 0. The molecule has 4 rings (SSSR count). The van der Waals surface area contributed by atoms with E-state index in [1.165, 1.54) is 0 Å². The Labute approximate surface area is 204 Å². The number of cyclic esters (lactones) is 1. The third kappa shape index (κ3) is 3.97. The molecule has 4 N–H and O–H groups in total. The smallest absolute Gasteiger partial charge is 0.309 e. The molecule has 6 nitrogen and oxygen atoms in total. The number of carbonyl (C=O) groups excluding carboxylic acids is 1. The van der Waals surface area contributed by atoms with Crippen molar-refractivity contribution in [3.05, 3.63) is 12.2 Å². The van der Waals surface area contributed by atoms with Gasteiger partial charge in [-0.05, 0) is 85.9 Å². The lowest BCUT2D eigenvalue weighted by atomic mass is 9.48. The highest BCUT2D eigenvalue weighted by molar-refractivity contribution is 5.74. The summed E-state index contributed by atoms with van der Waals surface area (Å²) in [5, 5.41) is 42.8. The number of esters is 1. The van der Waals surface area contributed by atoms with Gasteiger partial charge in [-0.3, -0.25) is 4.79 Å². The van der Waals surface area contributed by atoms with Gasteiger partial charge in [-0.2, -0.15) is 0 Å². The largest absolute Gasteiger partial charge is 0.465 e. The zero-order valence-corrected chi connectivity index (χ0v) is 21.6. The number of fused-ring (bicyclic) bond motifs is 5. The molecule has 0 aromatic heterocycles. The summed E-state index contributed by atoms with van der Waals surface area (Å²) >= 11 is 0. The number of carbonyl (C=O) groups is 1. The highest BCUT2D eigenvalue weighted by atomic mass is 16.5. The van der Waals surface area contributed by atoms with Gasteiger partial charge in [0.2, 0.25) is 0 Å². The van der Waals surface area contributed by atoms with Gasteiger partial charge in [-0.15, -0.1) is 0 Å². The van der Waals surface area contributed by atoms with Crippen molar-refractivity contribution in [2.24, 2.45) is 52.3 Å². The van der Waals surface area contributed by atoms with E-state index >= 15 is 0 Å². The Bertz CT molecular complexity index is 798. The lowest BCUT2D eigenvalue weighted by molar-refractivity contribution is -0.162. The van der Waals surface area contributed by atoms with Crippen LogP contribution < -0.4 is 0 Å². The fraction of sp³-hybridized carbons (Fsp3) is 0.893. The maximum atomic E-state index is 13.0. The van der Waals surface area contributed by atoms with Gasteiger partial charge in [-0.25, -0.2) is 0 Å². The fourth-order valence-electron chi connectivity index (χ4n) is 8.83. The van der Waals surface area contributed by atoms with Crippen LogP contribution in [-0.4, -0.2) is 57.4 Å². The molecular formula is C28H46O6. The molecule has 0 bridgehead atoms. The van der Waals surface area contributed by atoms with Crippen LogP contribution in [0.4, 0.5) is 0 Å². The summed E-state index contributed by atoms with van der Waals surface area (Å²) in [5.74, 6) is 0.319. The highest BCUT2D eigenvalue weighted by Gasteiger charge is 2.63. The average molecular weight is 479 g/mol. The van der Waals surface area contributed by atoms with Crippen LogP contribution in [0.15, 0.2) is 12.2 Å². The molecule has 34 heavy (non-hydrogen) atoms. The molecule has 1 heterocycles. The van der Waals surface area contributed by atoms with Crippen LogP contribution in [0.1, 0.15) is 73.1 Å². The van der Waals surface area contributed by atoms with Crippen LogP contribution in [0, 0.1) is 52.3 Å². The van der Waals surface area contributed by atoms with Crippen LogP contribution in [-0.2, 0) is 9.53 Å². The maximum absolute atomic E-state index is 13.0. The molecule has 194 valence electrons. The van der Waals surface area contributed by atoms with E-state index in [-0.39, 0.29) is 58.7 Å². The maximum Gasteiger partial charge on any atom is 0.309 e. The SMILES string of the molecule is C=C(C)[C@H](C)[C@@H](O)[C@H](O)[C@@H](C)[C@H]1CC[C@H]2[C@@H]3COC(=O)[C@H]4C[C@H](O)[C@H](O)C[C@]4(C)[C@H]3CC[C@]12C. The summed E-state index contributed by atoms with van der Waals surface area (Å²) in [6.07, 6.45) is 1.35. The average Bonchev–Trinajstić information content (AvgIpc) is 3.09. The van der Waals surface area contributed by atoms with Crippen molar-refractivity contribution >= 4 is 5.97 Å². The van der Waals surface area contributed by atoms with Crippen molar-refractivity contribution in [3.63, 3.8) is 0 Å². The van der Waals surface area contributed by atoms with Crippen molar-refractivity contribution in [1.82, 2.24) is 0 Å². The minimum Gasteiger partial charge on any atom is -0.465 e. The summed E-state index contributed by atoms with van der Waals surface area (Å²) in [4.78, 5) is 13.0. The molecule has 3 saturated carbocycles.